The summed E-state index contributed by atoms with van der Waals surface area (Å²) in [5.74, 6) is 0.908. The molecule has 2 nitrogen and oxygen atoms in total. The zero-order valence-corrected chi connectivity index (χ0v) is 14.0. The monoisotopic (exact) mass is 351 g/mol. The predicted molar refractivity (Wildman–Crippen MR) is 89.2 cm³/mol. The Bertz CT molecular complexity index is 603. The van der Waals surface area contributed by atoms with Gasteiger partial charge in [-0.05, 0) is 35.7 Å². The molecule has 2 aromatic carbocycles. The zero-order chi connectivity index (χ0) is 14.7. The summed E-state index contributed by atoms with van der Waals surface area (Å²) in [6, 6.07) is 13.6. The van der Waals surface area contributed by atoms with Gasteiger partial charge in [-0.1, -0.05) is 48.0 Å². The molecule has 2 aromatic rings. The highest BCUT2D eigenvalue weighted by Crippen LogP contribution is 2.26. The van der Waals surface area contributed by atoms with Gasteiger partial charge in [0.1, 0.15) is 0 Å². The summed E-state index contributed by atoms with van der Waals surface area (Å²) in [5.41, 5.74) is 8.78. The minimum Gasteiger partial charge on any atom is -0.398 e. The van der Waals surface area contributed by atoms with E-state index >= 15 is 0 Å². The van der Waals surface area contributed by atoms with Crippen LogP contribution in [0.2, 0.25) is 0 Å². The minimum atomic E-state index is -1.09. The lowest BCUT2D eigenvalue weighted by Crippen LogP contribution is -2.01. The highest BCUT2D eigenvalue weighted by molar-refractivity contribution is 9.10. The molecular formula is C16H18BrNOS. The Morgan fingerprint density at radius 2 is 1.80 bits per heavy atom. The molecule has 20 heavy (non-hydrogen) atoms. The first kappa shape index (κ1) is 15.3. The number of rotatable bonds is 4. The molecular weight excluding hydrogens is 334 g/mol. The van der Waals surface area contributed by atoms with Gasteiger partial charge in [-0.2, -0.15) is 0 Å². The van der Waals surface area contributed by atoms with Gasteiger partial charge in [0.25, 0.3) is 0 Å². The van der Waals surface area contributed by atoms with Crippen molar-refractivity contribution in [3.8, 4) is 0 Å². The quantitative estimate of drug-likeness (QED) is 0.826. The van der Waals surface area contributed by atoms with E-state index in [1.54, 1.807) is 0 Å². The maximum Gasteiger partial charge on any atom is 0.0575 e. The van der Waals surface area contributed by atoms with Crippen molar-refractivity contribution >= 4 is 32.4 Å². The van der Waals surface area contributed by atoms with Crippen molar-refractivity contribution in [1.82, 2.24) is 0 Å². The van der Waals surface area contributed by atoms with E-state index in [-0.39, 0.29) is 0 Å². The van der Waals surface area contributed by atoms with Gasteiger partial charge >= 0.3 is 0 Å². The van der Waals surface area contributed by atoms with E-state index in [1.807, 2.05) is 42.5 Å². The number of nitrogens with two attached hydrogens (primary N) is 1. The van der Waals surface area contributed by atoms with Crippen LogP contribution >= 0.6 is 15.9 Å². The second-order valence-electron chi connectivity index (χ2n) is 5.02. The molecule has 2 N–H and O–H groups in total. The standard InChI is InChI=1S/C16H18BrNOS/c1-11(2)12-6-8-13(9-7-12)20(19)10-14-15(17)4-3-5-16(14)18/h3-9,11H,10,18H2,1-2H3. The first-order valence-corrected chi connectivity index (χ1v) is 8.61. The van der Waals surface area contributed by atoms with E-state index in [9.17, 15) is 4.21 Å². The maximum absolute atomic E-state index is 12.4. The van der Waals surface area contributed by atoms with Crippen molar-refractivity contribution in [1.29, 1.82) is 0 Å². The SMILES string of the molecule is CC(C)c1ccc(S(=O)Cc2c(N)cccc2Br)cc1. The second kappa shape index (κ2) is 6.55. The van der Waals surface area contributed by atoms with E-state index in [1.165, 1.54) is 5.56 Å². The Morgan fingerprint density at radius 1 is 1.15 bits per heavy atom. The third kappa shape index (κ3) is 3.49. The largest absolute Gasteiger partial charge is 0.398 e. The van der Waals surface area contributed by atoms with Crippen LogP contribution in [-0.2, 0) is 16.6 Å². The maximum atomic E-state index is 12.4. The van der Waals surface area contributed by atoms with Crippen LogP contribution in [0.1, 0.15) is 30.9 Å². The number of hydrogen-bond acceptors (Lipinski definition) is 2. The third-order valence-electron chi connectivity index (χ3n) is 3.24. The molecule has 0 bridgehead atoms. The van der Waals surface area contributed by atoms with Crippen molar-refractivity contribution in [2.24, 2.45) is 0 Å². The van der Waals surface area contributed by atoms with Gasteiger partial charge in [-0.3, -0.25) is 4.21 Å². The van der Waals surface area contributed by atoms with Crippen LogP contribution in [0.4, 0.5) is 5.69 Å². The van der Waals surface area contributed by atoms with Crippen LogP contribution in [0.25, 0.3) is 0 Å². The minimum absolute atomic E-state index is 0.425. The van der Waals surface area contributed by atoms with Gasteiger partial charge < -0.3 is 5.73 Å². The topological polar surface area (TPSA) is 43.1 Å². The highest BCUT2D eigenvalue weighted by Gasteiger charge is 2.11. The zero-order valence-electron chi connectivity index (χ0n) is 11.6. The molecule has 2 rings (SSSR count). The van der Waals surface area contributed by atoms with Crippen molar-refractivity contribution in [3.63, 3.8) is 0 Å². The summed E-state index contributed by atoms with van der Waals surface area (Å²) >= 11 is 3.46. The summed E-state index contributed by atoms with van der Waals surface area (Å²) in [7, 11) is -1.09. The summed E-state index contributed by atoms with van der Waals surface area (Å²) in [4.78, 5) is 0.838. The van der Waals surface area contributed by atoms with Crippen LogP contribution < -0.4 is 5.73 Å². The van der Waals surface area contributed by atoms with Crippen LogP contribution in [0, 0.1) is 0 Å². The van der Waals surface area contributed by atoms with E-state index < -0.39 is 10.8 Å². The summed E-state index contributed by atoms with van der Waals surface area (Å²) in [5, 5.41) is 0. The molecule has 0 saturated carbocycles. The first-order chi connectivity index (χ1) is 9.49. The molecule has 0 spiro atoms. The molecule has 1 atom stereocenters. The second-order valence-corrected chi connectivity index (χ2v) is 7.33. The van der Waals surface area contributed by atoms with Gasteiger partial charge in [0.05, 0.1) is 16.6 Å². The molecule has 0 fully saturated rings. The normalized spacial score (nSPS) is 12.6. The fourth-order valence-electron chi connectivity index (χ4n) is 1.95. The molecule has 0 saturated heterocycles. The van der Waals surface area contributed by atoms with Crippen LogP contribution in [0.5, 0.6) is 0 Å². The summed E-state index contributed by atoms with van der Waals surface area (Å²) in [6.07, 6.45) is 0. The molecule has 0 amide bonds. The fourth-order valence-corrected chi connectivity index (χ4v) is 3.84. The van der Waals surface area contributed by atoms with Crippen molar-refractivity contribution < 1.29 is 4.21 Å². The Hall–Kier alpha value is -1.13. The number of benzene rings is 2. The molecule has 1 unspecified atom stereocenters. The Morgan fingerprint density at radius 3 is 2.35 bits per heavy atom. The van der Waals surface area contributed by atoms with Crippen LogP contribution in [0.3, 0.4) is 0 Å². The molecule has 0 aliphatic heterocycles. The Labute approximate surface area is 131 Å². The lowest BCUT2D eigenvalue weighted by Gasteiger charge is -2.09. The Kier molecular flexibility index (Phi) is 5.00. The third-order valence-corrected chi connectivity index (χ3v) is 5.33. The fraction of sp³-hybridized carbons (Fsp3) is 0.250. The van der Waals surface area contributed by atoms with E-state index in [0.717, 1.165) is 14.9 Å². The molecule has 4 heteroatoms. The molecule has 0 heterocycles. The van der Waals surface area contributed by atoms with Crippen molar-refractivity contribution in [2.75, 3.05) is 5.73 Å². The first-order valence-electron chi connectivity index (χ1n) is 6.50. The predicted octanol–water partition coefficient (Wildman–Crippen LogP) is 4.46. The van der Waals surface area contributed by atoms with Gasteiger partial charge in [-0.25, -0.2) is 0 Å². The van der Waals surface area contributed by atoms with E-state index in [0.29, 0.717) is 17.4 Å². The van der Waals surface area contributed by atoms with E-state index in [2.05, 4.69) is 29.8 Å². The van der Waals surface area contributed by atoms with E-state index in [4.69, 9.17) is 5.73 Å². The van der Waals surface area contributed by atoms with Gasteiger partial charge in [0.15, 0.2) is 0 Å². The average molecular weight is 352 g/mol. The van der Waals surface area contributed by atoms with Gasteiger partial charge in [0.2, 0.25) is 0 Å². The average Bonchev–Trinajstić information content (AvgIpc) is 2.43. The number of hydrogen-bond donors (Lipinski definition) is 1. The Balaban J connectivity index is 2.20. The lowest BCUT2D eigenvalue weighted by molar-refractivity contribution is 0.682. The van der Waals surface area contributed by atoms with Gasteiger partial charge in [-0.15, -0.1) is 0 Å². The van der Waals surface area contributed by atoms with Gasteiger partial charge in [0, 0.05) is 20.6 Å². The summed E-state index contributed by atoms with van der Waals surface area (Å²) < 4.78 is 13.3. The van der Waals surface area contributed by atoms with Crippen molar-refractivity contribution in [2.45, 2.75) is 30.4 Å². The molecule has 0 aliphatic rings. The number of anilines is 1. The number of nitrogen functional groups attached to an aromatic ring is 1. The van der Waals surface area contributed by atoms with Crippen molar-refractivity contribution in [3.05, 3.63) is 58.1 Å². The summed E-state index contributed by atoms with van der Waals surface area (Å²) in [6.45, 7) is 4.29. The molecule has 0 aromatic heterocycles. The van der Waals surface area contributed by atoms with Crippen LogP contribution in [-0.4, -0.2) is 4.21 Å². The van der Waals surface area contributed by atoms with Crippen LogP contribution in [0.15, 0.2) is 51.8 Å². The smallest absolute Gasteiger partial charge is 0.0575 e. The molecule has 106 valence electrons. The molecule has 0 aliphatic carbocycles. The molecule has 0 radical (unpaired) electrons. The number of halogens is 1. The lowest BCUT2D eigenvalue weighted by atomic mass is 10.0. The highest BCUT2D eigenvalue weighted by atomic mass is 79.9.